The molecule has 2 rings (SSSR count). The summed E-state index contributed by atoms with van der Waals surface area (Å²) in [7, 11) is 3.12. The summed E-state index contributed by atoms with van der Waals surface area (Å²) in [6.07, 6.45) is 0.297. The third-order valence-corrected chi connectivity index (χ3v) is 3.72. The molecule has 0 heterocycles. The summed E-state index contributed by atoms with van der Waals surface area (Å²) in [5, 5.41) is 10.1. The van der Waals surface area contributed by atoms with Gasteiger partial charge in [-0.25, -0.2) is 0 Å². The highest BCUT2D eigenvalue weighted by Crippen LogP contribution is 2.30. The lowest BCUT2D eigenvalue weighted by Gasteiger charge is -2.16. The van der Waals surface area contributed by atoms with Crippen molar-refractivity contribution < 1.29 is 19.4 Å². The Morgan fingerprint density at radius 2 is 1.82 bits per heavy atom. The molecule has 4 nitrogen and oxygen atoms in total. The van der Waals surface area contributed by atoms with Gasteiger partial charge in [0.05, 0.1) is 20.1 Å². The van der Waals surface area contributed by atoms with Gasteiger partial charge in [0.2, 0.25) is 0 Å². The molecule has 2 aromatic rings. The van der Waals surface area contributed by atoms with Crippen LogP contribution in [0.15, 0.2) is 42.5 Å². The molecule has 0 aromatic heterocycles. The minimum Gasteiger partial charge on any atom is -0.497 e. The molecule has 0 bridgehead atoms. The fourth-order valence-electron chi connectivity index (χ4n) is 2.31. The first-order valence-electron chi connectivity index (χ1n) is 6.74. The Labute approximate surface area is 134 Å². The zero-order valence-electron chi connectivity index (χ0n) is 12.4. The van der Waals surface area contributed by atoms with E-state index in [1.54, 1.807) is 56.7 Å². The van der Waals surface area contributed by atoms with E-state index in [2.05, 4.69) is 0 Å². The molecule has 0 aliphatic carbocycles. The van der Waals surface area contributed by atoms with Crippen molar-refractivity contribution in [1.82, 2.24) is 0 Å². The number of benzene rings is 2. The first-order valence-corrected chi connectivity index (χ1v) is 7.12. The molecular formula is C17H17ClO4. The average molecular weight is 321 g/mol. The van der Waals surface area contributed by atoms with Crippen LogP contribution in [-0.2, 0) is 11.2 Å². The quantitative estimate of drug-likeness (QED) is 0.880. The van der Waals surface area contributed by atoms with Crippen LogP contribution in [0.4, 0.5) is 0 Å². The lowest BCUT2D eigenvalue weighted by atomic mass is 9.91. The third kappa shape index (κ3) is 3.71. The lowest BCUT2D eigenvalue weighted by molar-refractivity contribution is -0.138. The number of hydrogen-bond acceptors (Lipinski definition) is 3. The van der Waals surface area contributed by atoms with Crippen molar-refractivity contribution in [2.24, 2.45) is 0 Å². The predicted octanol–water partition coefficient (Wildman–Crippen LogP) is 3.77. The SMILES string of the molecule is COc1ccc(C(Cc2cc(Cl)ccc2OC)C(=O)O)cc1. The summed E-state index contributed by atoms with van der Waals surface area (Å²) in [6.45, 7) is 0. The Kier molecular flexibility index (Phi) is 5.28. The molecule has 116 valence electrons. The van der Waals surface area contributed by atoms with Gasteiger partial charge in [0, 0.05) is 5.02 Å². The van der Waals surface area contributed by atoms with Crippen molar-refractivity contribution in [3.8, 4) is 11.5 Å². The van der Waals surface area contributed by atoms with Gasteiger partial charge in [0.25, 0.3) is 0 Å². The van der Waals surface area contributed by atoms with Crippen molar-refractivity contribution in [1.29, 1.82) is 0 Å². The van der Waals surface area contributed by atoms with Crippen molar-refractivity contribution in [3.63, 3.8) is 0 Å². The molecule has 1 atom stereocenters. The molecule has 2 aromatic carbocycles. The zero-order valence-corrected chi connectivity index (χ0v) is 13.1. The second-order valence-electron chi connectivity index (χ2n) is 4.82. The van der Waals surface area contributed by atoms with Gasteiger partial charge in [-0.1, -0.05) is 23.7 Å². The van der Waals surface area contributed by atoms with Crippen LogP contribution in [0.1, 0.15) is 17.0 Å². The summed E-state index contributed by atoms with van der Waals surface area (Å²) in [4.78, 5) is 11.6. The van der Waals surface area contributed by atoms with E-state index in [-0.39, 0.29) is 0 Å². The van der Waals surface area contributed by atoms with Crippen LogP contribution in [0.2, 0.25) is 5.02 Å². The minimum absolute atomic E-state index is 0.297. The Morgan fingerprint density at radius 3 is 2.36 bits per heavy atom. The van der Waals surface area contributed by atoms with Gasteiger partial charge < -0.3 is 14.6 Å². The molecule has 0 radical (unpaired) electrons. The van der Waals surface area contributed by atoms with Gasteiger partial charge in [-0.2, -0.15) is 0 Å². The third-order valence-electron chi connectivity index (χ3n) is 3.48. The number of rotatable bonds is 6. The summed E-state index contributed by atoms with van der Waals surface area (Å²) in [6, 6.07) is 12.2. The van der Waals surface area contributed by atoms with Gasteiger partial charge in [-0.05, 0) is 47.9 Å². The summed E-state index contributed by atoms with van der Waals surface area (Å²) >= 11 is 6.00. The Hall–Kier alpha value is -2.20. The summed E-state index contributed by atoms with van der Waals surface area (Å²) in [5.41, 5.74) is 1.47. The standard InChI is InChI=1S/C17H17ClO4/c1-21-14-6-3-11(4-7-14)15(17(19)20)10-12-9-13(18)5-8-16(12)22-2/h3-9,15H,10H2,1-2H3,(H,19,20). The normalized spacial score (nSPS) is 11.8. The van der Waals surface area contributed by atoms with E-state index in [1.807, 2.05) is 0 Å². The molecule has 22 heavy (non-hydrogen) atoms. The second kappa shape index (κ2) is 7.18. The highest BCUT2D eigenvalue weighted by Gasteiger charge is 2.22. The van der Waals surface area contributed by atoms with Gasteiger partial charge in [0.15, 0.2) is 0 Å². The molecule has 1 unspecified atom stereocenters. The monoisotopic (exact) mass is 320 g/mol. The number of ether oxygens (including phenoxy) is 2. The fraction of sp³-hybridized carbons (Fsp3) is 0.235. The van der Waals surface area contributed by atoms with Crippen LogP contribution in [-0.4, -0.2) is 25.3 Å². The van der Waals surface area contributed by atoms with Crippen LogP contribution in [0, 0.1) is 0 Å². The highest BCUT2D eigenvalue weighted by atomic mass is 35.5. The van der Waals surface area contributed by atoms with Gasteiger partial charge in [-0.3, -0.25) is 4.79 Å². The predicted molar refractivity (Wildman–Crippen MR) is 85.1 cm³/mol. The van der Waals surface area contributed by atoms with E-state index in [4.69, 9.17) is 21.1 Å². The molecule has 0 aliphatic heterocycles. The maximum atomic E-state index is 11.6. The Bertz CT molecular complexity index is 652. The number of hydrogen-bond donors (Lipinski definition) is 1. The first kappa shape index (κ1) is 16.2. The second-order valence-corrected chi connectivity index (χ2v) is 5.26. The van der Waals surface area contributed by atoms with Crippen molar-refractivity contribution in [2.75, 3.05) is 14.2 Å². The summed E-state index contributed by atoms with van der Waals surface area (Å²) < 4.78 is 10.4. The van der Waals surface area contributed by atoms with Crippen molar-refractivity contribution in [3.05, 3.63) is 58.6 Å². The van der Waals surface area contributed by atoms with E-state index < -0.39 is 11.9 Å². The van der Waals surface area contributed by atoms with Gasteiger partial charge in [0.1, 0.15) is 11.5 Å². The van der Waals surface area contributed by atoms with E-state index >= 15 is 0 Å². The number of carboxylic acids is 1. The molecule has 0 fully saturated rings. The number of aliphatic carboxylic acids is 1. The largest absolute Gasteiger partial charge is 0.497 e. The molecule has 0 saturated carbocycles. The van der Waals surface area contributed by atoms with E-state index in [0.717, 1.165) is 5.56 Å². The van der Waals surface area contributed by atoms with Crippen LogP contribution < -0.4 is 9.47 Å². The lowest BCUT2D eigenvalue weighted by Crippen LogP contribution is -2.15. The molecule has 0 aliphatic rings. The molecule has 5 heteroatoms. The molecule has 1 N–H and O–H groups in total. The van der Waals surface area contributed by atoms with Crippen LogP contribution in [0.25, 0.3) is 0 Å². The van der Waals surface area contributed by atoms with Crippen LogP contribution in [0.5, 0.6) is 11.5 Å². The fourth-order valence-corrected chi connectivity index (χ4v) is 2.51. The van der Waals surface area contributed by atoms with Crippen LogP contribution >= 0.6 is 11.6 Å². The maximum Gasteiger partial charge on any atom is 0.311 e. The molecule has 0 spiro atoms. The number of methoxy groups -OCH3 is 2. The van der Waals surface area contributed by atoms with E-state index in [0.29, 0.717) is 28.5 Å². The topological polar surface area (TPSA) is 55.8 Å². The minimum atomic E-state index is -0.896. The first-order chi connectivity index (χ1) is 10.5. The zero-order chi connectivity index (χ0) is 16.1. The highest BCUT2D eigenvalue weighted by molar-refractivity contribution is 6.30. The molecular weight excluding hydrogens is 304 g/mol. The number of carboxylic acid groups (broad SMARTS) is 1. The number of halogens is 1. The average Bonchev–Trinajstić information content (AvgIpc) is 2.52. The Balaban J connectivity index is 2.32. The smallest absolute Gasteiger partial charge is 0.311 e. The van der Waals surface area contributed by atoms with Gasteiger partial charge >= 0.3 is 5.97 Å². The van der Waals surface area contributed by atoms with E-state index in [9.17, 15) is 9.90 Å². The van der Waals surface area contributed by atoms with Crippen LogP contribution in [0.3, 0.4) is 0 Å². The maximum absolute atomic E-state index is 11.6. The molecule has 0 amide bonds. The van der Waals surface area contributed by atoms with Crippen molar-refractivity contribution in [2.45, 2.75) is 12.3 Å². The van der Waals surface area contributed by atoms with E-state index in [1.165, 1.54) is 0 Å². The molecule has 0 saturated heterocycles. The Morgan fingerprint density at radius 1 is 1.14 bits per heavy atom. The summed E-state index contributed by atoms with van der Waals surface area (Å²) in [5.74, 6) is -0.261. The number of carbonyl (C=O) groups is 1. The van der Waals surface area contributed by atoms with Crippen molar-refractivity contribution >= 4 is 17.6 Å². The van der Waals surface area contributed by atoms with Gasteiger partial charge in [-0.15, -0.1) is 0 Å².